The van der Waals surface area contributed by atoms with Crippen molar-refractivity contribution in [1.29, 1.82) is 0 Å². The summed E-state index contributed by atoms with van der Waals surface area (Å²) >= 11 is 0. The van der Waals surface area contributed by atoms with Crippen LogP contribution >= 0.6 is 0 Å². The van der Waals surface area contributed by atoms with Gasteiger partial charge in [0.1, 0.15) is 17.5 Å². The summed E-state index contributed by atoms with van der Waals surface area (Å²) in [6, 6.07) is 12.5. The zero-order valence-electron chi connectivity index (χ0n) is 18.7. The third-order valence-corrected chi connectivity index (χ3v) is 4.99. The van der Waals surface area contributed by atoms with E-state index in [-0.39, 0.29) is 31.0 Å². The number of nitrogens with one attached hydrogen (secondary N) is 1. The fraction of sp³-hybridized carbons (Fsp3) is 0.417. The molecular weight excluding hydrogens is 380 g/mol. The fourth-order valence-corrected chi connectivity index (χ4v) is 3.06. The van der Waals surface area contributed by atoms with Gasteiger partial charge in [-0.1, -0.05) is 24.3 Å². The Bertz CT molecular complexity index is 879. The molecule has 2 aromatic carbocycles. The van der Waals surface area contributed by atoms with E-state index in [1.165, 1.54) is 4.90 Å². The quantitative estimate of drug-likeness (QED) is 0.683. The summed E-state index contributed by atoms with van der Waals surface area (Å²) in [4.78, 5) is 27.2. The van der Waals surface area contributed by atoms with Crippen LogP contribution in [-0.4, -0.2) is 42.5 Å². The maximum absolute atomic E-state index is 13.1. The van der Waals surface area contributed by atoms with Crippen LogP contribution in [0.1, 0.15) is 37.5 Å². The number of methoxy groups -OCH3 is 1. The number of nitrogens with zero attached hydrogens (tertiary/aromatic N) is 1. The minimum atomic E-state index is -0.645. The number of amides is 2. The Labute approximate surface area is 179 Å². The molecule has 162 valence electrons. The van der Waals surface area contributed by atoms with E-state index in [1.807, 2.05) is 70.2 Å². The third-order valence-electron chi connectivity index (χ3n) is 4.99. The van der Waals surface area contributed by atoms with Crippen molar-refractivity contribution in [2.24, 2.45) is 0 Å². The summed E-state index contributed by atoms with van der Waals surface area (Å²) in [5, 5.41) is 2.88. The summed E-state index contributed by atoms with van der Waals surface area (Å²) in [5.74, 6) is 0.910. The predicted octanol–water partition coefficient (Wildman–Crippen LogP) is 3.63. The van der Waals surface area contributed by atoms with Crippen molar-refractivity contribution in [3.8, 4) is 11.5 Å². The zero-order valence-corrected chi connectivity index (χ0v) is 18.7. The first-order valence-corrected chi connectivity index (χ1v) is 10.1. The molecule has 0 saturated heterocycles. The van der Waals surface area contributed by atoms with Crippen molar-refractivity contribution < 1.29 is 19.1 Å². The molecular formula is C24H32N2O4. The summed E-state index contributed by atoms with van der Waals surface area (Å²) in [5.41, 5.74) is 2.96. The van der Waals surface area contributed by atoms with Crippen molar-refractivity contribution in [2.75, 3.05) is 13.7 Å². The second-order valence-corrected chi connectivity index (χ2v) is 7.70. The molecule has 0 fully saturated rings. The fourth-order valence-electron chi connectivity index (χ4n) is 3.06. The standard InChI is InChI=1S/C24H32N2O4/c1-16(2)25-24(28)19(5)26(14-20-10-8-11-21(13-20)29-6)23(27)15-30-22-12-7-9-17(3)18(22)4/h7-13,16,19H,14-15H2,1-6H3,(H,25,28). The number of hydrogen-bond acceptors (Lipinski definition) is 4. The normalized spacial score (nSPS) is 11.7. The molecule has 2 aromatic rings. The number of benzene rings is 2. The monoisotopic (exact) mass is 412 g/mol. The van der Waals surface area contributed by atoms with Gasteiger partial charge in [-0.05, 0) is 69.5 Å². The van der Waals surface area contributed by atoms with Crippen LogP contribution in [-0.2, 0) is 16.1 Å². The molecule has 0 aromatic heterocycles. The Kier molecular flexibility index (Phi) is 8.27. The lowest BCUT2D eigenvalue weighted by Gasteiger charge is -2.29. The molecule has 2 amide bonds. The molecule has 6 nitrogen and oxygen atoms in total. The predicted molar refractivity (Wildman–Crippen MR) is 118 cm³/mol. The van der Waals surface area contributed by atoms with Crippen molar-refractivity contribution >= 4 is 11.8 Å². The van der Waals surface area contributed by atoms with Gasteiger partial charge in [0.25, 0.3) is 5.91 Å². The average molecular weight is 413 g/mol. The molecule has 0 radical (unpaired) electrons. The van der Waals surface area contributed by atoms with E-state index in [2.05, 4.69) is 5.32 Å². The lowest BCUT2D eigenvalue weighted by Crippen LogP contribution is -2.50. The summed E-state index contributed by atoms with van der Waals surface area (Å²) in [7, 11) is 1.60. The van der Waals surface area contributed by atoms with Crippen molar-refractivity contribution in [1.82, 2.24) is 10.2 Å². The van der Waals surface area contributed by atoms with Gasteiger partial charge in [-0.15, -0.1) is 0 Å². The molecule has 30 heavy (non-hydrogen) atoms. The van der Waals surface area contributed by atoms with Crippen molar-refractivity contribution in [3.05, 3.63) is 59.2 Å². The molecule has 0 aliphatic rings. The van der Waals surface area contributed by atoms with Crippen LogP contribution in [0, 0.1) is 13.8 Å². The number of rotatable bonds is 9. The van der Waals surface area contributed by atoms with E-state index in [0.717, 1.165) is 16.7 Å². The largest absolute Gasteiger partial charge is 0.497 e. The zero-order chi connectivity index (χ0) is 22.3. The van der Waals surface area contributed by atoms with Gasteiger partial charge in [-0.2, -0.15) is 0 Å². The maximum Gasteiger partial charge on any atom is 0.261 e. The number of aryl methyl sites for hydroxylation is 1. The second-order valence-electron chi connectivity index (χ2n) is 7.70. The summed E-state index contributed by atoms with van der Waals surface area (Å²) < 4.78 is 11.1. The second kappa shape index (κ2) is 10.7. The molecule has 1 atom stereocenters. The first kappa shape index (κ1) is 23.3. The highest BCUT2D eigenvalue weighted by Crippen LogP contribution is 2.21. The minimum absolute atomic E-state index is 0.0140. The summed E-state index contributed by atoms with van der Waals surface area (Å²) in [6.45, 7) is 9.60. The number of hydrogen-bond donors (Lipinski definition) is 1. The van der Waals surface area contributed by atoms with Crippen LogP contribution in [0.5, 0.6) is 11.5 Å². The summed E-state index contributed by atoms with van der Waals surface area (Å²) in [6.07, 6.45) is 0. The minimum Gasteiger partial charge on any atom is -0.497 e. The Morgan fingerprint density at radius 1 is 1.07 bits per heavy atom. The van der Waals surface area contributed by atoms with Crippen LogP contribution in [0.3, 0.4) is 0 Å². The van der Waals surface area contributed by atoms with Gasteiger partial charge in [0, 0.05) is 12.6 Å². The van der Waals surface area contributed by atoms with Crippen molar-refractivity contribution in [3.63, 3.8) is 0 Å². The van der Waals surface area contributed by atoms with Crippen LogP contribution in [0.2, 0.25) is 0 Å². The molecule has 0 aliphatic carbocycles. The molecule has 1 unspecified atom stereocenters. The van der Waals surface area contributed by atoms with Gasteiger partial charge in [0.2, 0.25) is 5.91 Å². The number of ether oxygens (including phenoxy) is 2. The molecule has 0 heterocycles. The van der Waals surface area contributed by atoms with E-state index in [9.17, 15) is 9.59 Å². The van der Waals surface area contributed by atoms with E-state index in [1.54, 1.807) is 14.0 Å². The first-order chi connectivity index (χ1) is 14.2. The maximum atomic E-state index is 13.1. The lowest BCUT2D eigenvalue weighted by molar-refractivity contribution is -0.142. The molecule has 2 rings (SSSR count). The van der Waals surface area contributed by atoms with Gasteiger partial charge in [0.05, 0.1) is 7.11 Å². The van der Waals surface area contributed by atoms with E-state index >= 15 is 0 Å². The molecule has 6 heteroatoms. The number of carbonyl (C=O) groups excluding carboxylic acids is 2. The van der Waals surface area contributed by atoms with E-state index in [4.69, 9.17) is 9.47 Å². The lowest BCUT2D eigenvalue weighted by atomic mass is 10.1. The Balaban J connectivity index is 2.21. The molecule has 1 N–H and O–H groups in total. The molecule has 0 saturated carbocycles. The average Bonchev–Trinajstić information content (AvgIpc) is 2.72. The van der Waals surface area contributed by atoms with Gasteiger partial charge < -0.3 is 19.7 Å². The highest BCUT2D eigenvalue weighted by atomic mass is 16.5. The van der Waals surface area contributed by atoms with Crippen LogP contribution in [0.15, 0.2) is 42.5 Å². The molecule has 0 spiro atoms. The SMILES string of the molecule is COc1cccc(CN(C(=O)COc2cccc(C)c2C)C(C)C(=O)NC(C)C)c1. The van der Waals surface area contributed by atoms with Gasteiger partial charge in [-0.25, -0.2) is 0 Å². The van der Waals surface area contributed by atoms with Gasteiger partial charge >= 0.3 is 0 Å². The topological polar surface area (TPSA) is 67.9 Å². The Morgan fingerprint density at radius 3 is 2.43 bits per heavy atom. The van der Waals surface area contributed by atoms with Gasteiger partial charge in [0.15, 0.2) is 6.61 Å². The van der Waals surface area contributed by atoms with Gasteiger partial charge in [-0.3, -0.25) is 9.59 Å². The first-order valence-electron chi connectivity index (χ1n) is 10.1. The van der Waals surface area contributed by atoms with Crippen LogP contribution in [0.25, 0.3) is 0 Å². The smallest absolute Gasteiger partial charge is 0.261 e. The Hall–Kier alpha value is -3.02. The van der Waals surface area contributed by atoms with E-state index < -0.39 is 6.04 Å². The molecule has 0 bridgehead atoms. The number of carbonyl (C=O) groups is 2. The van der Waals surface area contributed by atoms with Crippen LogP contribution in [0.4, 0.5) is 0 Å². The molecule has 0 aliphatic heterocycles. The highest BCUT2D eigenvalue weighted by molar-refractivity contribution is 5.88. The Morgan fingerprint density at radius 2 is 1.77 bits per heavy atom. The van der Waals surface area contributed by atoms with Crippen molar-refractivity contribution in [2.45, 2.75) is 53.2 Å². The van der Waals surface area contributed by atoms with E-state index in [0.29, 0.717) is 11.5 Å². The van der Waals surface area contributed by atoms with Crippen LogP contribution < -0.4 is 14.8 Å². The highest BCUT2D eigenvalue weighted by Gasteiger charge is 2.27. The third kappa shape index (κ3) is 6.24.